The van der Waals surface area contributed by atoms with Crippen molar-refractivity contribution in [2.75, 3.05) is 0 Å². The van der Waals surface area contributed by atoms with Crippen molar-refractivity contribution in [3.63, 3.8) is 0 Å². The van der Waals surface area contributed by atoms with Crippen LogP contribution in [-0.2, 0) is 6.18 Å². The number of aromatic carboxylic acids is 1. The van der Waals surface area contributed by atoms with E-state index in [1.54, 1.807) is 17.5 Å². The second-order valence-electron chi connectivity index (χ2n) is 3.54. The van der Waals surface area contributed by atoms with E-state index in [4.69, 9.17) is 5.11 Å². The van der Waals surface area contributed by atoms with Crippen molar-refractivity contribution in [2.45, 2.75) is 6.18 Å². The number of benzene rings is 1. The minimum Gasteiger partial charge on any atom is -0.478 e. The molecule has 2 rings (SSSR count). The monoisotopic (exact) mass is 272 g/mol. The number of carbonyl (C=O) groups is 1. The van der Waals surface area contributed by atoms with Crippen molar-refractivity contribution in [2.24, 2.45) is 0 Å². The lowest BCUT2D eigenvalue weighted by molar-refractivity contribution is -0.138. The summed E-state index contributed by atoms with van der Waals surface area (Å²) in [6.07, 6.45) is -4.66. The summed E-state index contributed by atoms with van der Waals surface area (Å²) in [6, 6.07) is 6.60. The van der Waals surface area contributed by atoms with Crippen LogP contribution in [-0.4, -0.2) is 11.1 Å². The van der Waals surface area contributed by atoms with E-state index in [-0.39, 0.29) is 0 Å². The predicted molar refractivity (Wildman–Crippen MR) is 61.7 cm³/mol. The van der Waals surface area contributed by atoms with Crippen molar-refractivity contribution in [1.29, 1.82) is 0 Å². The Hall–Kier alpha value is -1.82. The zero-order chi connectivity index (χ0) is 13.3. The highest BCUT2D eigenvalue weighted by Gasteiger charge is 2.35. The average molecular weight is 272 g/mol. The minimum absolute atomic E-state index is 0.468. The summed E-state index contributed by atoms with van der Waals surface area (Å²) >= 11 is 1.34. The van der Waals surface area contributed by atoms with E-state index < -0.39 is 23.3 Å². The van der Waals surface area contributed by atoms with Gasteiger partial charge in [-0.15, -0.1) is 11.3 Å². The molecule has 0 radical (unpaired) electrons. The van der Waals surface area contributed by atoms with Crippen LogP contribution >= 0.6 is 11.3 Å². The molecule has 2 aromatic rings. The Labute approximate surface area is 104 Å². The quantitative estimate of drug-likeness (QED) is 0.892. The number of hydrogen-bond donors (Lipinski definition) is 1. The molecule has 1 heterocycles. The van der Waals surface area contributed by atoms with Gasteiger partial charge in [0.2, 0.25) is 0 Å². The standard InChI is InChI=1S/C12H7F3O2S/c13-12(14,15)9-4-3-7(6-8(9)11(16)17)10-2-1-5-18-10/h1-6H,(H,16,17). The average Bonchev–Trinajstić information content (AvgIpc) is 2.80. The first-order chi connectivity index (χ1) is 8.39. The summed E-state index contributed by atoms with van der Waals surface area (Å²) in [5.74, 6) is -1.58. The Morgan fingerprint density at radius 3 is 2.44 bits per heavy atom. The number of alkyl halides is 3. The fourth-order valence-corrected chi connectivity index (χ4v) is 2.29. The second kappa shape index (κ2) is 4.45. The SMILES string of the molecule is O=C(O)c1cc(-c2cccs2)ccc1C(F)(F)F. The summed E-state index contributed by atoms with van der Waals surface area (Å²) in [4.78, 5) is 11.6. The van der Waals surface area contributed by atoms with E-state index in [1.165, 1.54) is 17.4 Å². The molecule has 2 nitrogen and oxygen atoms in total. The molecule has 0 spiro atoms. The molecule has 0 fully saturated rings. The highest BCUT2D eigenvalue weighted by molar-refractivity contribution is 7.13. The molecule has 0 aliphatic carbocycles. The summed E-state index contributed by atoms with van der Waals surface area (Å²) in [5, 5.41) is 10.6. The van der Waals surface area contributed by atoms with Crippen molar-refractivity contribution < 1.29 is 23.1 Å². The van der Waals surface area contributed by atoms with E-state index in [2.05, 4.69) is 0 Å². The molecule has 0 saturated heterocycles. The van der Waals surface area contributed by atoms with Crippen molar-refractivity contribution in [3.05, 3.63) is 46.8 Å². The van der Waals surface area contributed by atoms with Gasteiger partial charge in [0.25, 0.3) is 0 Å². The summed E-state index contributed by atoms with van der Waals surface area (Å²) in [7, 11) is 0. The van der Waals surface area contributed by atoms with Crippen molar-refractivity contribution in [1.82, 2.24) is 0 Å². The van der Waals surface area contributed by atoms with Gasteiger partial charge < -0.3 is 5.11 Å². The maximum atomic E-state index is 12.6. The van der Waals surface area contributed by atoms with Crippen LogP contribution in [0, 0.1) is 0 Å². The molecule has 1 aromatic carbocycles. The van der Waals surface area contributed by atoms with E-state index in [0.29, 0.717) is 5.56 Å². The van der Waals surface area contributed by atoms with Crippen LogP contribution in [0.4, 0.5) is 13.2 Å². The summed E-state index contributed by atoms with van der Waals surface area (Å²) < 4.78 is 37.9. The van der Waals surface area contributed by atoms with Crippen LogP contribution in [0.15, 0.2) is 35.7 Å². The van der Waals surface area contributed by atoms with Gasteiger partial charge in [0.15, 0.2) is 0 Å². The molecule has 1 aromatic heterocycles. The van der Waals surface area contributed by atoms with Crippen LogP contribution in [0.2, 0.25) is 0 Å². The minimum atomic E-state index is -4.66. The normalized spacial score (nSPS) is 11.5. The highest BCUT2D eigenvalue weighted by atomic mass is 32.1. The molecule has 0 aliphatic heterocycles. The number of halogens is 3. The first-order valence-electron chi connectivity index (χ1n) is 4.88. The van der Waals surface area contributed by atoms with Crippen LogP contribution in [0.1, 0.15) is 15.9 Å². The van der Waals surface area contributed by atoms with Gasteiger partial charge in [0.05, 0.1) is 11.1 Å². The number of hydrogen-bond acceptors (Lipinski definition) is 2. The van der Waals surface area contributed by atoms with Gasteiger partial charge in [0, 0.05) is 4.88 Å². The Morgan fingerprint density at radius 2 is 1.94 bits per heavy atom. The summed E-state index contributed by atoms with van der Waals surface area (Å²) in [5.41, 5.74) is -1.39. The highest BCUT2D eigenvalue weighted by Crippen LogP contribution is 2.35. The zero-order valence-corrected chi connectivity index (χ0v) is 9.68. The molecular formula is C12H7F3O2S. The van der Waals surface area contributed by atoms with E-state index in [0.717, 1.165) is 17.0 Å². The molecular weight excluding hydrogens is 265 g/mol. The molecule has 0 bridgehead atoms. The van der Waals surface area contributed by atoms with E-state index >= 15 is 0 Å². The molecule has 0 amide bonds. The smallest absolute Gasteiger partial charge is 0.417 e. The fraction of sp³-hybridized carbons (Fsp3) is 0.0833. The number of carboxylic acid groups (broad SMARTS) is 1. The number of carboxylic acids is 1. The molecule has 6 heteroatoms. The Balaban J connectivity index is 2.58. The molecule has 1 N–H and O–H groups in total. The molecule has 18 heavy (non-hydrogen) atoms. The molecule has 0 saturated carbocycles. The van der Waals surface area contributed by atoms with Gasteiger partial charge in [-0.3, -0.25) is 0 Å². The van der Waals surface area contributed by atoms with Crippen molar-refractivity contribution >= 4 is 17.3 Å². The van der Waals surface area contributed by atoms with Crippen LogP contribution < -0.4 is 0 Å². The van der Waals surface area contributed by atoms with Crippen molar-refractivity contribution in [3.8, 4) is 10.4 Å². The van der Waals surface area contributed by atoms with Gasteiger partial charge in [0.1, 0.15) is 0 Å². The third-order valence-electron chi connectivity index (χ3n) is 2.36. The molecule has 0 atom stereocenters. The third-order valence-corrected chi connectivity index (χ3v) is 3.28. The van der Waals surface area contributed by atoms with Gasteiger partial charge in [-0.1, -0.05) is 12.1 Å². The predicted octanol–water partition coefficient (Wildman–Crippen LogP) is 4.13. The lowest BCUT2D eigenvalue weighted by Gasteiger charge is -2.11. The second-order valence-corrected chi connectivity index (χ2v) is 4.49. The fourth-order valence-electron chi connectivity index (χ4n) is 1.56. The van der Waals surface area contributed by atoms with Crippen LogP contribution in [0.3, 0.4) is 0 Å². The van der Waals surface area contributed by atoms with Crippen LogP contribution in [0.25, 0.3) is 10.4 Å². The van der Waals surface area contributed by atoms with Gasteiger partial charge >= 0.3 is 12.1 Å². The lowest BCUT2D eigenvalue weighted by atomic mass is 10.0. The lowest BCUT2D eigenvalue weighted by Crippen LogP contribution is -2.12. The van der Waals surface area contributed by atoms with E-state index in [9.17, 15) is 18.0 Å². The molecule has 0 unspecified atom stereocenters. The van der Waals surface area contributed by atoms with Crippen LogP contribution in [0.5, 0.6) is 0 Å². The Bertz CT molecular complexity index is 574. The Morgan fingerprint density at radius 1 is 1.22 bits per heavy atom. The Kier molecular flexibility index (Phi) is 3.13. The number of rotatable bonds is 2. The topological polar surface area (TPSA) is 37.3 Å². The first kappa shape index (κ1) is 12.6. The van der Waals surface area contributed by atoms with Gasteiger partial charge in [-0.2, -0.15) is 13.2 Å². The number of thiophene rings is 1. The maximum Gasteiger partial charge on any atom is 0.417 e. The van der Waals surface area contributed by atoms with Gasteiger partial charge in [-0.25, -0.2) is 4.79 Å². The first-order valence-corrected chi connectivity index (χ1v) is 5.76. The zero-order valence-electron chi connectivity index (χ0n) is 8.86. The van der Waals surface area contributed by atoms with E-state index in [1.807, 2.05) is 0 Å². The van der Waals surface area contributed by atoms with Gasteiger partial charge in [-0.05, 0) is 29.1 Å². The third kappa shape index (κ3) is 2.38. The molecule has 94 valence electrons. The summed E-state index contributed by atoms with van der Waals surface area (Å²) in [6.45, 7) is 0. The maximum absolute atomic E-state index is 12.6. The largest absolute Gasteiger partial charge is 0.478 e. The molecule has 0 aliphatic rings.